The van der Waals surface area contributed by atoms with Crippen LogP contribution in [0.2, 0.25) is 0 Å². The van der Waals surface area contributed by atoms with Gasteiger partial charge in [0.2, 0.25) is 5.91 Å². The SMILES string of the molecule is CCCC(=O)N(CCC(=O)O)C(C)CC. The van der Waals surface area contributed by atoms with Crippen LogP contribution in [0.15, 0.2) is 0 Å². The first-order chi connectivity index (χ1) is 7.02. The lowest BCUT2D eigenvalue weighted by Crippen LogP contribution is -2.39. The number of carbonyl (C=O) groups is 2. The number of hydrogen-bond acceptors (Lipinski definition) is 2. The maximum Gasteiger partial charge on any atom is 0.305 e. The van der Waals surface area contributed by atoms with Crippen LogP contribution < -0.4 is 0 Å². The van der Waals surface area contributed by atoms with Crippen molar-refractivity contribution in [1.82, 2.24) is 4.90 Å². The third-order valence-electron chi connectivity index (χ3n) is 2.47. The van der Waals surface area contributed by atoms with Gasteiger partial charge in [0.15, 0.2) is 0 Å². The zero-order chi connectivity index (χ0) is 11.8. The van der Waals surface area contributed by atoms with Crippen LogP contribution in [0, 0.1) is 0 Å². The smallest absolute Gasteiger partial charge is 0.305 e. The number of carbonyl (C=O) groups excluding carboxylic acids is 1. The lowest BCUT2D eigenvalue weighted by Gasteiger charge is -2.28. The summed E-state index contributed by atoms with van der Waals surface area (Å²) in [5, 5.41) is 8.59. The Hall–Kier alpha value is -1.06. The molecule has 15 heavy (non-hydrogen) atoms. The number of carboxylic acid groups (broad SMARTS) is 1. The van der Waals surface area contributed by atoms with Gasteiger partial charge in [-0.3, -0.25) is 9.59 Å². The molecule has 0 aromatic carbocycles. The number of hydrogen-bond donors (Lipinski definition) is 1. The summed E-state index contributed by atoms with van der Waals surface area (Å²) in [5.41, 5.74) is 0. The molecule has 0 saturated heterocycles. The monoisotopic (exact) mass is 215 g/mol. The molecule has 0 heterocycles. The predicted molar refractivity (Wildman–Crippen MR) is 58.6 cm³/mol. The van der Waals surface area contributed by atoms with E-state index in [9.17, 15) is 9.59 Å². The van der Waals surface area contributed by atoms with Crippen molar-refractivity contribution in [3.05, 3.63) is 0 Å². The summed E-state index contributed by atoms with van der Waals surface area (Å²) in [6.07, 6.45) is 2.19. The summed E-state index contributed by atoms with van der Waals surface area (Å²) in [4.78, 5) is 23.8. The Balaban J connectivity index is 4.29. The zero-order valence-electron chi connectivity index (χ0n) is 9.82. The van der Waals surface area contributed by atoms with E-state index < -0.39 is 5.97 Å². The molecule has 1 atom stereocenters. The van der Waals surface area contributed by atoms with E-state index in [2.05, 4.69) is 0 Å². The number of rotatable bonds is 7. The summed E-state index contributed by atoms with van der Waals surface area (Å²) < 4.78 is 0. The van der Waals surface area contributed by atoms with Crippen LogP contribution in [0.1, 0.15) is 46.5 Å². The van der Waals surface area contributed by atoms with Crippen molar-refractivity contribution in [2.75, 3.05) is 6.54 Å². The van der Waals surface area contributed by atoms with Crippen LogP contribution >= 0.6 is 0 Å². The van der Waals surface area contributed by atoms with Crippen molar-refractivity contribution in [3.63, 3.8) is 0 Å². The van der Waals surface area contributed by atoms with Crippen molar-refractivity contribution in [1.29, 1.82) is 0 Å². The summed E-state index contributed by atoms with van der Waals surface area (Å²) >= 11 is 0. The molecule has 0 aliphatic rings. The third kappa shape index (κ3) is 5.40. The molecule has 0 aliphatic carbocycles. The molecule has 0 aromatic rings. The standard InChI is InChI=1S/C11H21NO3/c1-4-6-10(13)12(9(3)5-2)8-7-11(14)15/h9H,4-8H2,1-3H3,(H,14,15). The van der Waals surface area contributed by atoms with E-state index in [1.54, 1.807) is 4.90 Å². The Morgan fingerprint density at radius 3 is 2.27 bits per heavy atom. The van der Waals surface area contributed by atoms with Gasteiger partial charge >= 0.3 is 5.97 Å². The quantitative estimate of drug-likeness (QED) is 0.705. The predicted octanol–water partition coefficient (Wildman–Crippen LogP) is 1.89. The first-order valence-corrected chi connectivity index (χ1v) is 5.54. The van der Waals surface area contributed by atoms with Crippen molar-refractivity contribution in [3.8, 4) is 0 Å². The van der Waals surface area contributed by atoms with Gasteiger partial charge in [0.25, 0.3) is 0 Å². The maximum atomic E-state index is 11.7. The van der Waals surface area contributed by atoms with Gasteiger partial charge in [0, 0.05) is 19.0 Å². The van der Waals surface area contributed by atoms with Gasteiger partial charge in [-0.05, 0) is 19.8 Å². The second-order valence-corrected chi connectivity index (χ2v) is 3.74. The van der Waals surface area contributed by atoms with Gasteiger partial charge in [-0.2, -0.15) is 0 Å². The fraction of sp³-hybridized carbons (Fsp3) is 0.818. The topological polar surface area (TPSA) is 57.6 Å². The fourth-order valence-electron chi connectivity index (χ4n) is 1.38. The molecule has 1 N–H and O–H groups in total. The van der Waals surface area contributed by atoms with E-state index in [1.807, 2.05) is 20.8 Å². The number of nitrogens with zero attached hydrogens (tertiary/aromatic N) is 1. The Labute approximate surface area is 91.3 Å². The van der Waals surface area contributed by atoms with E-state index in [-0.39, 0.29) is 18.4 Å². The first kappa shape index (κ1) is 13.9. The van der Waals surface area contributed by atoms with Crippen LogP contribution in [0.5, 0.6) is 0 Å². The van der Waals surface area contributed by atoms with Crippen LogP contribution in [0.3, 0.4) is 0 Å². The number of carboxylic acids is 1. The van der Waals surface area contributed by atoms with E-state index in [4.69, 9.17) is 5.11 Å². The molecule has 0 saturated carbocycles. The van der Waals surface area contributed by atoms with Crippen molar-refractivity contribution in [2.45, 2.75) is 52.5 Å². The van der Waals surface area contributed by atoms with Crippen molar-refractivity contribution < 1.29 is 14.7 Å². The Morgan fingerprint density at radius 1 is 1.27 bits per heavy atom. The first-order valence-electron chi connectivity index (χ1n) is 5.54. The minimum atomic E-state index is -0.854. The van der Waals surface area contributed by atoms with Gasteiger partial charge in [0.1, 0.15) is 0 Å². The Bertz CT molecular complexity index is 216. The molecule has 1 amide bonds. The largest absolute Gasteiger partial charge is 0.481 e. The van der Waals surface area contributed by atoms with E-state index in [0.29, 0.717) is 13.0 Å². The molecule has 0 bridgehead atoms. The normalized spacial score (nSPS) is 12.2. The molecule has 4 nitrogen and oxygen atoms in total. The average molecular weight is 215 g/mol. The average Bonchev–Trinajstić information content (AvgIpc) is 2.17. The second kappa shape index (κ2) is 7.26. The highest BCUT2D eigenvalue weighted by Crippen LogP contribution is 2.08. The van der Waals surface area contributed by atoms with E-state index in [0.717, 1.165) is 12.8 Å². The van der Waals surface area contributed by atoms with Gasteiger partial charge in [0.05, 0.1) is 6.42 Å². The van der Waals surface area contributed by atoms with Gasteiger partial charge in [-0.25, -0.2) is 0 Å². The lowest BCUT2D eigenvalue weighted by molar-refractivity contribution is -0.139. The minimum absolute atomic E-state index is 0.0276. The summed E-state index contributed by atoms with van der Waals surface area (Å²) in [7, 11) is 0. The highest BCUT2D eigenvalue weighted by atomic mass is 16.4. The summed E-state index contributed by atoms with van der Waals surface area (Å²) in [6, 6.07) is 0.128. The second-order valence-electron chi connectivity index (χ2n) is 3.74. The molecule has 4 heteroatoms. The molecule has 0 fully saturated rings. The summed E-state index contributed by atoms with van der Waals surface area (Å²) in [5.74, 6) is -0.791. The van der Waals surface area contributed by atoms with Crippen molar-refractivity contribution >= 4 is 11.9 Å². The van der Waals surface area contributed by atoms with Gasteiger partial charge < -0.3 is 10.0 Å². The molecule has 0 radical (unpaired) electrons. The van der Waals surface area contributed by atoms with Crippen LogP contribution in [-0.2, 0) is 9.59 Å². The lowest BCUT2D eigenvalue weighted by atomic mass is 10.2. The Kier molecular flexibility index (Phi) is 6.75. The van der Waals surface area contributed by atoms with E-state index in [1.165, 1.54) is 0 Å². The molecule has 0 aliphatic heterocycles. The highest BCUT2D eigenvalue weighted by molar-refractivity contribution is 5.77. The highest BCUT2D eigenvalue weighted by Gasteiger charge is 2.18. The molecule has 88 valence electrons. The van der Waals surface area contributed by atoms with Crippen LogP contribution in [-0.4, -0.2) is 34.5 Å². The van der Waals surface area contributed by atoms with Crippen LogP contribution in [0.25, 0.3) is 0 Å². The van der Waals surface area contributed by atoms with E-state index >= 15 is 0 Å². The third-order valence-corrected chi connectivity index (χ3v) is 2.47. The Morgan fingerprint density at radius 2 is 1.87 bits per heavy atom. The zero-order valence-corrected chi connectivity index (χ0v) is 9.82. The molecule has 0 aromatic heterocycles. The fourth-order valence-corrected chi connectivity index (χ4v) is 1.38. The molecule has 0 spiro atoms. The number of amides is 1. The van der Waals surface area contributed by atoms with Crippen LogP contribution in [0.4, 0.5) is 0 Å². The van der Waals surface area contributed by atoms with Crippen molar-refractivity contribution in [2.24, 2.45) is 0 Å². The molecular formula is C11H21NO3. The van der Waals surface area contributed by atoms with Gasteiger partial charge in [-0.1, -0.05) is 13.8 Å². The molecule has 1 unspecified atom stereocenters. The summed E-state index contributed by atoms with van der Waals surface area (Å²) in [6.45, 7) is 6.22. The molecule has 0 rings (SSSR count). The molecular weight excluding hydrogens is 194 g/mol. The minimum Gasteiger partial charge on any atom is -0.481 e. The maximum absolute atomic E-state index is 11.7. The van der Waals surface area contributed by atoms with Gasteiger partial charge in [-0.15, -0.1) is 0 Å². The number of aliphatic carboxylic acids is 1.